The average Bonchev–Trinajstić information content (AvgIpc) is 2.92. The number of esters is 1. The molecule has 0 radical (unpaired) electrons. The van der Waals surface area contributed by atoms with E-state index in [9.17, 15) is 4.79 Å². The van der Waals surface area contributed by atoms with E-state index in [-0.39, 0.29) is 36.7 Å². The Labute approximate surface area is 150 Å². The van der Waals surface area contributed by atoms with Crippen LogP contribution in [0.5, 0.6) is 0 Å². The van der Waals surface area contributed by atoms with Crippen LogP contribution in [0.15, 0.2) is 6.20 Å². The molecule has 3 atom stereocenters. The number of nitrogens with one attached hydrogen (secondary N) is 1. The molecule has 2 heterocycles. The number of hydrogen-bond donors (Lipinski definition) is 1. The molecule has 3 rings (SSSR count). The van der Waals surface area contributed by atoms with Gasteiger partial charge in [0.2, 0.25) is 0 Å². The first-order valence-corrected chi connectivity index (χ1v) is 8.14. The molecular weight excluding hydrogens is 337 g/mol. The highest BCUT2D eigenvalue weighted by molar-refractivity contribution is 5.85. The molecule has 2 aliphatic rings. The van der Waals surface area contributed by atoms with Crippen molar-refractivity contribution in [2.24, 2.45) is 11.8 Å². The summed E-state index contributed by atoms with van der Waals surface area (Å²) in [4.78, 5) is 14.7. The molecule has 1 aliphatic carbocycles. The van der Waals surface area contributed by atoms with Gasteiger partial charge in [-0.25, -0.2) is 0 Å². The predicted octanol–water partition coefficient (Wildman–Crippen LogP) is 2.63. The summed E-state index contributed by atoms with van der Waals surface area (Å²) in [5, 5.41) is 7.30. The van der Waals surface area contributed by atoms with Gasteiger partial charge in [-0.2, -0.15) is 5.10 Å². The molecular formula is C16H27Cl2N3O2. The molecule has 0 bridgehead atoms. The van der Waals surface area contributed by atoms with Crippen molar-refractivity contribution in [2.75, 3.05) is 19.7 Å². The van der Waals surface area contributed by atoms with Crippen LogP contribution in [0.3, 0.4) is 0 Å². The van der Waals surface area contributed by atoms with E-state index in [2.05, 4.69) is 22.0 Å². The van der Waals surface area contributed by atoms with E-state index in [1.165, 1.54) is 11.3 Å². The molecule has 1 aromatic rings. The Morgan fingerprint density at radius 1 is 1.39 bits per heavy atom. The monoisotopic (exact) mass is 363 g/mol. The summed E-state index contributed by atoms with van der Waals surface area (Å²) < 4.78 is 5.26. The first-order chi connectivity index (χ1) is 10.2. The van der Waals surface area contributed by atoms with Gasteiger partial charge < -0.3 is 4.74 Å². The zero-order chi connectivity index (χ0) is 14.8. The van der Waals surface area contributed by atoms with Gasteiger partial charge in [0.05, 0.1) is 18.7 Å². The second-order valence-electron chi connectivity index (χ2n) is 6.29. The van der Waals surface area contributed by atoms with Crippen molar-refractivity contribution in [1.29, 1.82) is 0 Å². The van der Waals surface area contributed by atoms with Crippen molar-refractivity contribution in [3.8, 4) is 0 Å². The van der Waals surface area contributed by atoms with Crippen LogP contribution in [-0.4, -0.2) is 46.8 Å². The Morgan fingerprint density at radius 3 is 2.87 bits per heavy atom. The summed E-state index contributed by atoms with van der Waals surface area (Å²) in [7, 11) is 0. The minimum atomic E-state index is -0.0209. The van der Waals surface area contributed by atoms with Crippen LogP contribution in [-0.2, 0) is 22.4 Å². The molecule has 5 nitrogen and oxygen atoms in total. The van der Waals surface area contributed by atoms with E-state index in [0.717, 1.165) is 38.8 Å². The van der Waals surface area contributed by atoms with E-state index >= 15 is 0 Å². The molecule has 0 spiro atoms. The minimum absolute atomic E-state index is 0. The van der Waals surface area contributed by atoms with Crippen molar-refractivity contribution in [3.05, 3.63) is 17.5 Å². The molecule has 1 N–H and O–H groups in total. The fourth-order valence-electron chi connectivity index (χ4n) is 3.98. The maximum absolute atomic E-state index is 12.1. The highest BCUT2D eigenvalue weighted by Crippen LogP contribution is 2.36. The van der Waals surface area contributed by atoms with Gasteiger partial charge in [0.1, 0.15) is 0 Å². The van der Waals surface area contributed by atoms with Gasteiger partial charge in [-0.3, -0.25) is 14.8 Å². The third kappa shape index (κ3) is 4.20. The largest absolute Gasteiger partial charge is 0.466 e. The number of H-pyrrole nitrogens is 1. The van der Waals surface area contributed by atoms with Gasteiger partial charge >= 0.3 is 5.97 Å². The van der Waals surface area contributed by atoms with Crippen molar-refractivity contribution < 1.29 is 9.53 Å². The van der Waals surface area contributed by atoms with Gasteiger partial charge in [-0.1, -0.05) is 6.92 Å². The van der Waals surface area contributed by atoms with Crippen LogP contribution in [0.1, 0.15) is 37.9 Å². The lowest BCUT2D eigenvalue weighted by Crippen LogP contribution is -2.53. The number of likely N-dealkylation sites (tertiary alicyclic amines) is 1. The van der Waals surface area contributed by atoms with E-state index in [1.54, 1.807) is 0 Å². The lowest BCUT2D eigenvalue weighted by molar-refractivity contribution is -0.152. The van der Waals surface area contributed by atoms with E-state index in [1.807, 2.05) is 13.1 Å². The van der Waals surface area contributed by atoms with Gasteiger partial charge in [0.25, 0.3) is 0 Å². The average molecular weight is 364 g/mol. The summed E-state index contributed by atoms with van der Waals surface area (Å²) in [6, 6.07) is 0.556. The van der Waals surface area contributed by atoms with Crippen LogP contribution in [0.2, 0.25) is 0 Å². The Hall–Kier alpha value is -0.780. The number of hydrogen-bond acceptors (Lipinski definition) is 4. The molecule has 1 fully saturated rings. The molecule has 132 valence electrons. The van der Waals surface area contributed by atoms with Crippen molar-refractivity contribution in [3.63, 3.8) is 0 Å². The second kappa shape index (κ2) is 8.90. The third-order valence-electron chi connectivity index (χ3n) is 4.89. The molecule has 0 amide bonds. The summed E-state index contributed by atoms with van der Waals surface area (Å²) in [5.74, 6) is 0.544. The molecule has 1 aliphatic heterocycles. The first kappa shape index (κ1) is 20.3. The second-order valence-corrected chi connectivity index (χ2v) is 6.29. The van der Waals surface area contributed by atoms with Crippen LogP contribution in [0, 0.1) is 11.8 Å². The standard InChI is InChI=1S/C16H25N3O2.2ClH/c1-3-5-19-10-13(16(20)21-4-2)6-11-7-14-12(8-15(11)19)9-17-18-14;;/h9,11,13,15H,3-8,10H2,1-2H3,(H,17,18);2*1H. The Kier molecular flexibility index (Phi) is 7.84. The SMILES string of the molecule is CCCN1CC(C(=O)OCC)CC2Cc3[nH]ncc3CC21.Cl.Cl. The first-order valence-electron chi connectivity index (χ1n) is 8.14. The number of carbonyl (C=O) groups is 1. The highest BCUT2D eigenvalue weighted by Gasteiger charge is 2.41. The maximum atomic E-state index is 12.1. The van der Waals surface area contributed by atoms with Crippen molar-refractivity contribution >= 4 is 30.8 Å². The number of ether oxygens (including phenoxy) is 1. The van der Waals surface area contributed by atoms with Gasteiger partial charge in [-0.05, 0) is 50.6 Å². The Morgan fingerprint density at radius 2 is 2.17 bits per heavy atom. The number of fused-ring (bicyclic) bond motifs is 2. The topological polar surface area (TPSA) is 58.2 Å². The zero-order valence-electron chi connectivity index (χ0n) is 13.8. The fraction of sp³-hybridized carbons (Fsp3) is 0.750. The lowest BCUT2D eigenvalue weighted by atomic mass is 9.74. The number of halogens is 2. The molecule has 23 heavy (non-hydrogen) atoms. The Bertz CT molecular complexity index is 509. The number of carbonyl (C=O) groups excluding carboxylic acids is 1. The number of rotatable bonds is 4. The van der Waals surface area contributed by atoms with E-state index < -0.39 is 0 Å². The quantitative estimate of drug-likeness (QED) is 0.835. The number of nitrogens with zero attached hydrogens (tertiary/aromatic N) is 2. The van der Waals surface area contributed by atoms with Crippen LogP contribution in [0.25, 0.3) is 0 Å². The highest BCUT2D eigenvalue weighted by atomic mass is 35.5. The lowest BCUT2D eigenvalue weighted by Gasteiger charge is -2.46. The van der Waals surface area contributed by atoms with Gasteiger partial charge in [0, 0.05) is 18.3 Å². The zero-order valence-corrected chi connectivity index (χ0v) is 15.4. The predicted molar refractivity (Wildman–Crippen MR) is 94.4 cm³/mol. The third-order valence-corrected chi connectivity index (χ3v) is 4.89. The molecule has 7 heteroatoms. The van der Waals surface area contributed by atoms with Crippen LogP contribution in [0.4, 0.5) is 0 Å². The minimum Gasteiger partial charge on any atom is -0.466 e. The fourth-order valence-corrected chi connectivity index (χ4v) is 3.98. The van der Waals surface area contributed by atoms with E-state index in [4.69, 9.17) is 4.74 Å². The number of aromatic amines is 1. The summed E-state index contributed by atoms with van der Waals surface area (Å²) >= 11 is 0. The van der Waals surface area contributed by atoms with E-state index in [0.29, 0.717) is 18.6 Å². The molecule has 1 aromatic heterocycles. The molecule has 0 saturated carbocycles. The van der Waals surface area contributed by atoms with Gasteiger partial charge in [-0.15, -0.1) is 24.8 Å². The smallest absolute Gasteiger partial charge is 0.310 e. The van der Waals surface area contributed by atoms with Crippen molar-refractivity contribution in [1.82, 2.24) is 15.1 Å². The summed E-state index contributed by atoms with van der Waals surface area (Å²) in [5.41, 5.74) is 2.61. The summed E-state index contributed by atoms with van der Waals surface area (Å²) in [6.45, 7) is 6.47. The summed E-state index contributed by atoms with van der Waals surface area (Å²) in [6.07, 6.45) is 6.11. The normalized spacial score (nSPS) is 26.3. The number of aromatic nitrogens is 2. The number of piperidine rings is 1. The van der Waals surface area contributed by atoms with Gasteiger partial charge in [0.15, 0.2) is 0 Å². The Balaban J connectivity index is 0.00000132. The van der Waals surface area contributed by atoms with Crippen molar-refractivity contribution in [2.45, 2.75) is 45.6 Å². The van der Waals surface area contributed by atoms with Crippen LogP contribution < -0.4 is 0 Å². The molecule has 3 unspecified atom stereocenters. The molecule has 0 aromatic carbocycles. The molecule has 1 saturated heterocycles. The van der Waals surface area contributed by atoms with Crippen LogP contribution >= 0.6 is 24.8 Å². The maximum Gasteiger partial charge on any atom is 0.310 e.